The van der Waals surface area contributed by atoms with Gasteiger partial charge in [-0.25, -0.2) is 17.9 Å². The lowest BCUT2D eigenvalue weighted by atomic mass is 10.1. The van der Waals surface area contributed by atoms with Gasteiger partial charge in [-0.2, -0.15) is 5.10 Å². The quantitative estimate of drug-likeness (QED) is 0.813. The van der Waals surface area contributed by atoms with E-state index in [9.17, 15) is 8.42 Å². The zero-order valence-corrected chi connectivity index (χ0v) is 12.6. The highest BCUT2D eigenvalue weighted by molar-refractivity contribution is 7.92. The van der Waals surface area contributed by atoms with Gasteiger partial charge in [-0.05, 0) is 18.9 Å². The van der Waals surface area contributed by atoms with Crippen molar-refractivity contribution in [2.75, 3.05) is 5.88 Å². The van der Waals surface area contributed by atoms with E-state index in [4.69, 9.17) is 11.6 Å². The van der Waals surface area contributed by atoms with Gasteiger partial charge in [0, 0.05) is 18.3 Å². The van der Waals surface area contributed by atoms with E-state index in [1.54, 1.807) is 23.7 Å². The topological polar surface area (TPSA) is 64.3 Å². The molecule has 19 heavy (non-hydrogen) atoms. The molecule has 2 aromatic rings. The Labute approximate surface area is 117 Å². The molecule has 1 atom stereocenters. The highest BCUT2D eigenvalue weighted by Gasteiger charge is 2.27. The highest BCUT2D eigenvalue weighted by atomic mass is 35.5. The number of nitrogens with zero attached hydrogens (tertiary/aromatic N) is 3. The third kappa shape index (κ3) is 2.47. The minimum Gasteiger partial charge on any atom is -0.241 e. The van der Waals surface area contributed by atoms with Crippen molar-refractivity contribution >= 4 is 27.0 Å². The van der Waals surface area contributed by atoms with Crippen molar-refractivity contribution < 1.29 is 8.42 Å². The van der Waals surface area contributed by atoms with Gasteiger partial charge in [0.2, 0.25) is 9.84 Å². The number of halogens is 1. The monoisotopic (exact) mass is 301 g/mol. The van der Waals surface area contributed by atoms with E-state index in [0.29, 0.717) is 5.52 Å². The van der Waals surface area contributed by atoms with Gasteiger partial charge in [-0.15, -0.1) is 11.6 Å². The predicted octanol–water partition coefficient (Wildman–Crippen LogP) is 2.25. The number of aromatic nitrogens is 3. The van der Waals surface area contributed by atoms with Gasteiger partial charge in [0.05, 0.1) is 10.9 Å². The summed E-state index contributed by atoms with van der Waals surface area (Å²) in [6.07, 6.45) is 3.09. The molecule has 2 aromatic heterocycles. The Hall–Kier alpha value is -1.14. The number of hydrogen-bond donors (Lipinski definition) is 0. The van der Waals surface area contributed by atoms with E-state index in [0.717, 1.165) is 5.69 Å². The molecular weight excluding hydrogens is 286 g/mol. The van der Waals surface area contributed by atoms with Crippen LogP contribution in [0.2, 0.25) is 0 Å². The average Bonchev–Trinajstić information content (AvgIpc) is 2.81. The van der Waals surface area contributed by atoms with E-state index < -0.39 is 15.1 Å². The fraction of sp³-hybridized carbons (Fsp3) is 0.500. The summed E-state index contributed by atoms with van der Waals surface area (Å²) in [5.74, 6) is 0.261. The summed E-state index contributed by atoms with van der Waals surface area (Å²) in [5, 5.41) is 3.72. The van der Waals surface area contributed by atoms with Crippen molar-refractivity contribution in [1.29, 1.82) is 0 Å². The van der Waals surface area contributed by atoms with Crippen LogP contribution in [0, 0.1) is 0 Å². The van der Waals surface area contributed by atoms with Crippen LogP contribution in [0.5, 0.6) is 0 Å². The van der Waals surface area contributed by atoms with E-state index in [2.05, 4.69) is 10.1 Å². The first-order valence-corrected chi connectivity index (χ1v) is 8.10. The van der Waals surface area contributed by atoms with E-state index in [-0.39, 0.29) is 16.8 Å². The summed E-state index contributed by atoms with van der Waals surface area (Å²) in [6, 6.07) is 1.77. The van der Waals surface area contributed by atoms with Crippen LogP contribution in [0.4, 0.5) is 0 Å². The fourth-order valence-electron chi connectivity index (χ4n) is 1.69. The molecule has 0 aromatic carbocycles. The molecule has 0 aliphatic carbocycles. The van der Waals surface area contributed by atoms with Crippen molar-refractivity contribution in [3.63, 3.8) is 0 Å². The summed E-state index contributed by atoms with van der Waals surface area (Å²) < 4.78 is 26.3. The Morgan fingerprint density at radius 2 is 2.05 bits per heavy atom. The number of rotatable bonds is 4. The standard InChI is InChI=1S/C12H16ClN3O2S/c1-8(2)10-6-11-12(14-4-5-16(11)15-10)19(17,18)9(3)7-13/h4-6,8-9H,7H2,1-3H3. The summed E-state index contributed by atoms with van der Waals surface area (Å²) >= 11 is 5.66. The highest BCUT2D eigenvalue weighted by Crippen LogP contribution is 2.23. The molecule has 0 radical (unpaired) electrons. The van der Waals surface area contributed by atoms with Crippen molar-refractivity contribution in [2.45, 2.75) is 37.0 Å². The van der Waals surface area contributed by atoms with Crippen molar-refractivity contribution in [2.24, 2.45) is 0 Å². The Kier molecular flexibility index (Phi) is 3.82. The Morgan fingerprint density at radius 3 is 2.63 bits per heavy atom. The predicted molar refractivity (Wildman–Crippen MR) is 74.4 cm³/mol. The minimum absolute atomic E-state index is 0.0379. The fourth-order valence-corrected chi connectivity index (χ4v) is 3.39. The Bertz CT molecular complexity index is 694. The molecule has 0 saturated carbocycles. The molecule has 0 bridgehead atoms. The summed E-state index contributed by atoms with van der Waals surface area (Å²) in [4.78, 5) is 4.01. The molecule has 1 unspecified atom stereocenters. The zero-order valence-electron chi connectivity index (χ0n) is 11.0. The lowest BCUT2D eigenvalue weighted by Crippen LogP contribution is -2.21. The molecule has 0 fully saturated rings. The van der Waals surface area contributed by atoms with Gasteiger partial charge in [-0.3, -0.25) is 0 Å². The first-order chi connectivity index (χ1) is 8.87. The largest absolute Gasteiger partial charge is 0.241 e. The van der Waals surface area contributed by atoms with Crippen LogP contribution in [0.3, 0.4) is 0 Å². The van der Waals surface area contributed by atoms with Gasteiger partial charge < -0.3 is 0 Å². The molecule has 0 saturated heterocycles. The maximum absolute atomic E-state index is 12.4. The van der Waals surface area contributed by atoms with Crippen LogP contribution in [-0.4, -0.2) is 34.1 Å². The average molecular weight is 302 g/mol. The molecule has 0 spiro atoms. The molecule has 0 aliphatic rings. The molecule has 0 aliphatic heterocycles. The van der Waals surface area contributed by atoms with E-state index in [1.807, 2.05) is 13.8 Å². The number of sulfone groups is 1. The minimum atomic E-state index is -3.53. The first-order valence-electron chi connectivity index (χ1n) is 6.02. The third-order valence-corrected chi connectivity index (χ3v) is 5.71. The molecule has 104 valence electrons. The first kappa shape index (κ1) is 14.3. The van der Waals surface area contributed by atoms with Crippen LogP contribution >= 0.6 is 11.6 Å². The van der Waals surface area contributed by atoms with Crippen LogP contribution in [0.15, 0.2) is 23.5 Å². The SMILES string of the molecule is CC(C)c1cc2c(S(=O)(=O)C(C)CCl)nccn2n1. The lowest BCUT2D eigenvalue weighted by molar-refractivity contribution is 0.584. The van der Waals surface area contributed by atoms with E-state index in [1.165, 1.54) is 6.20 Å². The Morgan fingerprint density at radius 1 is 1.37 bits per heavy atom. The second kappa shape index (κ2) is 5.09. The van der Waals surface area contributed by atoms with E-state index >= 15 is 0 Å². The molecular formula is C12H16ClN3O2S. The summed E-state index contributed by atoms with van der Waals surface area (Å²) in [6.45, 7) is 5.59. The summed E-state index contributed by atoms with van der Waals surface area (Å²) in [5.41, 5.74) is 1.34. The Balaban J connectivity index is 2.68. The van der Waals surface area contributed by atoms with Gasteiger partial charge in [0.1, 0.15) is 5.52 Å². The molecule has 2 rings (SSSR count). The van der Waals surface area contributed by atoms with Crippen LogP contribution in [0.25, 0.3) is 5.52 Å². The normalized spacial score (nSPS) is 14.2. The summed E-state index contributed by atoms with van der Waals surface area (Å²) in [7, 11) is -3.53. The molecule has 0 amide bonds. The van der Waals surface area contributed by atoms with Crippen molar-refractivity contribution in [1.82, 2.24) is 14.6 Å². The molecule has 0 N–H and O–H groups in total. The molecule has 5 nitrogen and oxygen atoms in total. The molecule has 2 heterocycles. The third-order valence-electron chi connectivity index (χ3n) is 2.98. The maximum atomic E-state index is 12.4. The number of hydrogen-bond acceptors (Lipinski definition) is 4. The second-order valence-electron chi connectivity index (χ2n) is 4.80. The van der Waals surface area contributed by atoms with Gasteiger partial charge >= 0.3 is 0 Å². The van der Waals surface area contributed by atoms with Gasteiger partial charge in [0.25, 0.3) is 0 Å². The van der Waals surface area contributed by atoms with Gasteiger partial charge in [0.15, 0.2) is 5.03 Å². The lowest BCUT2D eigenvalue weighted by Gasteiger charge is -2.09. The smallest absolute Gasteiger partial charge is 0.201 e. The second-order valence-corrected chi connectivity index (χ2v) is 7.39. The molecule has 7 heteroatoms. The zero-order chi connectivity index (χ0) is 14.2. The van der Waals surface area contributed by atoms with Crippen molar-refractivity contribution in [3.05, 3.63) is 24.2 Å². The van der Waals surface area contributed by atoms with Crippen molar-refractivity contribution in [3.8, 4) is 0 Å². The number of alkyl halides is 1. The van der Waals surface area contributed by atoms with Gasteiger partial charge in [-0.1, -0.05) is 13.8 Å². The maximum Gasteiger partial charge on any atom is 0.201 e. The van der Waals surface area contributed by atoms with Crippen LogP contribution < -0.4 is 0 Å². The van der Waals surface area contributed by atoms with Crippen LogP contribution in [-0.2, 0) is 9.84 Å². The number of fused-ring (bicyclic) bond motifs is 1. The van der Waals surface area contributed by atoms with Crippen LogP contribution in [0.1, 0.15) is 32.4 Å².